The van der Waals surface area contributed by atoms with Crippen LogP contribution < -0.4 is 4.90 Å². The Morgan fingerprint density at radius 2 is 1.00 bits per heavy atom. The van der Waals surface area contributed by atoms with E-state index < -0.39 is 5.92 Å². The van der Waals surface area contributed by atoms with Gasteiger partial charge < -0.3 is 20.2 Å². The van der Waals surface area contributed by atoms with Crippen LogP contribution in [0.25, 0.3) is 17.7 Å². The van der Waals surface area contributed by atoms with Crippen LogP contribution in [0.2, 0.25) is 0 Å². The Hall–Kier alpha value is -3.99. The number of phenolic OH excluding ortho intramolecular Hbond substituents is 2. The summed E-state index contributed by atoms with van der Waals surface area (Å²) in [6.07, 6.45) is 29.5. The molecule has 1 aliphatic rings. The largest absolute Gasteiger partial charge is 0.510 e. The van der Waals surface area contributed by atoms with Gasteiger partial charge in [-0.2, -0.15) is 0 Å². The average Bonchev–Trinajstić information content (AvgIpc) is 3.22. The van der Waals surface area contributed by atoms with Crippen molar-refractivity contribution in [2.75, 3.05) is 18.0 Å². The Morgan fingerprint density at radius 3 is 1.42 bits per heavy atom. The molecule has 0 saturated heterocycles. The molecule has 0 saturated carbocycles. The predicted molar refractivity (Wildman–Crippen MR) is 243 cm³/mol. The standard InChI is InChI=1S/C52H75NO4/c1-5-9-13-18-26-41(27-19-14-10-6-2)38-53(39-42(28-20-15-11-7-3)29-21-16-12-8-4)45-34-32-44(33-35-45)48-51(56)50(52(48)57)49-46(54)36-43(37-47(49)55)31-30-40-24-22-17-23-25-40/h17,22-25,30-37,41-42,50,54-56H,5-16,18-21,26-29,38-39H2,1-4H3/b31-30+. The third-order valence-corrected chi connectivity index (χ3v) is 12.1. The number of benzene rings is 3. The fourth-order valence-corrected chi connectivity index (χ4v) is 8.65. The summed E-state index contributed by atoms with van der Waals surface area (Å²) in [5.41, 5.74) is 3.76. The van der Waals surface area contributed by atoms with Crippen molar-refractivity contribution in [1.82, 2.24) is 0 Å². The fraction of sp³-hybridized carbons (Fsp3) is 0.558. The van der Waals surface area contributed by atoms with Gasteiger partial charge in [-0.1, -0.05) is 185 Å². The average molecular weight is 778 g/mol. The second-order valence-corrected chi connectivity index (χ2v) is 16.9. The molecule has 4 rings (SSSR count). The van der Waals surface area contributed by atoms with E-state index in [2.05, 4.69) is 44.7 Å². The van der Waals surface area contributed by atoms with E-state index in [1.807, 2.05) is 48.5 Å². The van der Waals surface area contributed by atoms with Gasteiger partial charge in [0, 0.05) is 18.8 Å². The number of phenols is 2. The summed E-state index contributed by atoms with van der Waals surface area (Å²) in [6.45, 7) is 11.3. The zero-order chi connectivity index (χ0) is 40.8. The highest BCUT2D eigenvalue weighted by Gasteiger charge is 2.44. The molecule has 3 N–H and O–H groups in total. The van der Waals surface area contributed by atoms with Gasteiger partial charge in [-0.15, -0.1) is 0 Å². The summed E-state index contributed by atoms with van der Waals surface area (Å²) in [7, 11) is 0. The van der Waals surface area contributed by atoms with Crippen LogP contribution in [0.15, 0.2) is 72.5 Å². The zero-order valence-corrected chi connectivity index (χ0v) is 36.0. The van der Waals surface area contributed by atoms with E-state index in [4.69, 9.17) is 0 Å². The number of Topliss-reactive ketones (excluding diaryl/α,β-unsaturated/α-hetero) is 1. The van der Waals surface area contributed by atoms with Crippen molar-refractivity contribution in [2.24, 2.45) is 11.8 Å². The minimum absolute atomic E-state index is 0.0498. The van der Waals surface area contributed by atoms with Crippen molar-refractivity contribution in [3.63, 3.8) is 0 Å². The summed E-state index contributed by atoms with van der Waals surface area (Å²) in [6, 6.07) is 21.1. The summed E-state index contributed by atoms with van der Waals surface area (Å²) in [5, 5.41) is 33.3. The lowest BCUT2D eigenvalue weighted by atomic mass is 9.74. The van der Waals surface area contributed by atoms with Crippen LogP contribution in [-0.4, -0.2) is 34.2 Å². The first-order valence-corrected chi connectivity index (χ1v) is 22.9. The number of aliphatic hydroxyl groups excluding tert-OH is 1. The first-order valence-electron chi connectivity index (χ1n) is 22.9. The van der Waals surface area contributed by atoms with Gasteiger partial charge in [0.15, 0.2) is 5.78 Å². The SMILES string of the molecule is CCCCCCC(CCCCCC)CN(CC(CCCCCC)CCCCCC)c1ccc(C2=C(O)C(c3c(O)cc(/C=C/c4ccccc4)cc3O)C2=O)cc1. The normalized spacial score (nSPS) is 14.4. The Balaban J connectivity index is 1.57. The van der Waals surface area contributed by atoms with Crippen molar-refractivity contribution in [3.05, 3.63) is 94.7 Å². The molecule has 5 heteroatoms. The number of unbranched alkanes of at least 4 members (excludes halogenated alkanes) is 12. The lowest BCUT2D eigenvalue weighted by Gasteiger charge is -2.34. The number of nitrogens with zero attached hydrogens (tertiary/aromatic N) is 1. The molecular formula is C52H75NO4. The number of aromatic hydroxyl groups is 2. The molecule has 1 atom stereocenters. The monoisotopic (exact) mass is 778 g/mol. The Bertz CT molecular complexity index is 1580. The molecule has 0 spiro atoms. The lowest BCUT2D eigenvalue weighted by molar-refractivity contribution is -0.116. The summed E-state index contributed by atoms with van der Waals surface area (Å²) >= 11 is 0. The van der Waals surface area contributed by atoms with E-state index in [1.54, 1.807) is 6.08 Å². The van der Waals surface area contributed by atoms with Crippen LogP contribution in [0.3, 0.4) is 0 Å². The number of anilines is 1. The van der Waals surface area contributed by atoms with Crippen molar-refractivity contribution in [3.8, 4) is 11.5 Å². The van der Waals surface area contributed by atoms with Crippen LogP contribution in [0, 0.1) is 11.8 Å². The molecule has 0 fully saturated rings. The number of ketones is 1. The molecule has 57 heavy (non-hydrogen) atoms. The number of carbonyl (C=O) groups excluding carboxylic acids is 1. The second kappa shape index (κ2) is 25.4. The van der Waals surface area contributed by atoms with Crippen molar-refractivity contribution in [2.45, 2.75) is 162 Å². The van der Waals surface area contributed by atoms with Crippen LogP contribution in [-0.2, 0) is 4.79 Å². The Morgan fingerprint density at radius 1 is 0.561 bits per heavy atom. The van der Waals surface area contributed by atoms with Crippen molar-refractivity contribution < 1.29 is 20.1 Å². The molecule has 3 aromatic rings. The van der Waals surface area contributed by atoms with Gasteiger partial charge in [-0.25, -0.2) is 0 Å². The van der Waals surface area contributed by atoms with Crippen molar-refractivity contribution in [1.29, 1.82) is 0 Å². The maximum absolute atomic E-state index is 13.7. The topological polar surface area (TPSA) is 81.0 Å². The summed E-state index contributed by atoms with van der Waals surface area (Å²) < 4.78 is 0. The number of hydrogen-bond donors (Lipinski definition) is 3. The highest BCUT2D eigenvalue weighted by Crippen LogP contribution is 2.49. The Kier molecular flexibility index (Phi) is 20.4. The summed E-state index contributed by atoms with van der Waals surface area (Å²) in [5.74, 6) is -0.618. The Labute approximate surface area is 346 Å². The van der Waals surface area contributed by atoms with Crippen molar-refractivity contribution >= 4 is 29.2 Å². The fourth-order valence-electron chi connectivity index (χ4n) is 8.65. The van der Waals surface area contributed by atoms with Crippen LogP contribution in [0.1, 0.15) is 184 Å². The van der Waals surface area contributed by atoms with E-state index in [0.717, 1.165) is 18.7 Å². The van der Waals surface area contributed by atoms with E-state index in [9.17, 15) is 20.1 Å². The smallest absolute Gasteiger partial charge is 0.182 e. The maximum atomic E-state index is 13.7. The third-order valence-electron chi connectivity index (χ3n) is 12.1. The zero-order valence-electron chi connectivity index (χ0n) is 36.0. The quantitative estimate of drug-likeness (QED) is 0.0483. The molecule has 5 nitrogen and oxygen atoms in total. The van der Waals surface area contributed by atoms with E-state index in [-0.39, 0.29) is 34.2 Å². The molecule has 0 heterocycles. The van der Waals surface area contributed by atoms with Crippen LogP contribution in [0.5, 0.6) is 11.5 Å². The molecule has 3 aromatic carbocycles. The van der Waals surface area contributed by atoms with Gasteiger partial charge in [-0.05, 0) is 78.5 Å². The minimum atomic E-state index is -1.09. The van der Waals surface area contributed by atoms with E-state index >= 15 is 0 Å². The first kappa shape index (κ1) is 45.7. The minimum Gasteiger partial charge on any atom is -0.510 e. The van der Waals surface area contributed by atoms with Crippen LogP contribution >= 0.6 is 0 Å². The maximum Gasteiger partial charge on any atom is 0.182 e. The second-order valence-electron chi connectivity index (χ2n) is 16.9. The molecule has 0 radical (unpaired) electrons. The van der Waals surface area contributed by atoms with Gasteiger partial charge >= 0.3 is 0 Å². The molecular weight excluding hydrogens is 703 g/mol. The lowest BCUT2D eigenvalue weighted by Crippen LogP contribution is -2.34. The van der Waals surface area contributed by atoms with Gasteiger partial charge in [0.1, 0.15) is 23.2 Å². The number of aliphatic hydroxyl groups is 1. The van der Waals surface area contributed by atoms with Crippen LogP contribution in [0.4, 0.5) is 5.69 Å². The highest BCUT2D eigenvalue weighted by atomic mass is 16.3. The molecule has 0 bridgehead atoms. The number of rotatable bonds is 29. The molecule has 1 unspecified atom stereocenters. The first-order chi connectivity index (χ1) is 27.8. The highest BCUT2D eigenvalue weighted by molar-refractivity contribution is 6.32. The predicted octanol–water partition coefficient (Wildman–Crippen LogP) is 14.8. The van der Waals surface area contributed by atoms with E-state index in [1.165, 1.54) is 146 Å². The number of hydrogen-bond acceptors (Lipinski definition) is 5. The third kappa shape index (κ3) is 14.4. The van der Waals surface area contributed by atoms with Gasteiger partial charge in [-0.3, -0.25) is 4.79 Å². The number of allylic oxidation sites excluding steroid dienone is 2. The number of carbonyl (C=O) groups is 1. The molecule has 0 aliphatic heterocycles. The molecule has 0 aromatic heterocycles. The molecule has 312 valence electrons. The molecule has 1 aliphatic carbocycles. The molecule has 0 amide bonds. The van der Waals surface area contributed by atoms with Gasteiger partial charge in [0.25, 0.3) is 0 Å². The van der Waals surface area contributed by atoms with E-state index in [0.29, 0.717) is 23.0 Å². The van der Waals surface area contributed by atoms with Gasteiger partial charge in [0.2, 0.25) is 0 Å². The van der Waals surface area contributed by atoms with Gasteiger partial charge in [0.05, 0.1) is 11.1 Å². The summed E-state index contributed by atoms with van der Waals surface area (Å²) in [4.78, 5) is 16.4.